The maximum Gasteiger partial charge on any atom is 0.363 e. The van der Waals surface area contributed by atoms with Crippen molar-refractivity contribution in [3.63, 3.8) is 0 Å². The lowest BCUT2D eigenvalue weighted by molar-refractivity contribution is 0.0728. The van der Waals surface area contributed by atoms with E-state index in [1.54, 1.807) is 19.6 Å². The summed E-state index contributed by atoms with van der Waals surface area (Å²) in [6.45, 7) is 5.91. The van der Waals surface area contributed by atoms with Gasteiger partial charge in [-0.25, -0.2) is 9.78 Å². The zero-order chi connectivity index (χ0) is 19.6. The SMILES string of the molecule is COc1ccc(-c2nc(C(=O)Oc3cc(C)cc(C)c3C)cs2)cc1OC. The molecule has 0 saturated carbocycles. The Morgan fingerprint density at radius 2 is 1.70 bits per heavy atom. The Morgan fingerprint density at radius 1 is 0.963 bits per heavy atom. The third-order valence-corrected chi connectivity index (χ3v) is 5.20. The average molecular weight is 383 g/mol. The topological polar surface area (TPSA) is 57.7 Å². The van der Waals surface area contributed by atoms with E-state index >= 15 is 0 Å². The van der Waals surface area contributed by atoms with Gasteiger partial charge in [0, 0.05) is 10.9 Å². The summed E-state index contributed by atoms with van der Waals surface area (Å²) in [5.74, 6) is 1.35. The van der Waals surface area contributed by atoms with Crippen LogP contribution in [0.25, 0.3) is 10.6 Å². The highest BCUT2D eigenvalue weighted by atomic mass is 32.1. The van der Waals surface area contributed by atoms with Gasteiger partial charge in [0.15, 0.2) is 17.2 Å². The number of aromatic nitrogens is 1. The molecule has 0 spiro atoms. The van der Waals surface area contributed by atoms with Gasteiger partial charge in [-0.15, -0.1) is 11.3 Å². The molecule has 0 aliphatic carbocycles. The first-order chi connectivity index (χ1) is 12.9. The van der Waals surface area contributed by atoms with Crippen molar-refractivity contribution in [1.29, 1.82) is 0 Å². The zero-order valence-corrected chi connectivity index (χ0v) is 16.8. The number of hydrogen-bond acceptors (Lipinski definition) is 6. The van der Waals surface area contributed by atoms with Crippen LogP contribution in [-0.2, 0) is 0 Å². The molecular weight excluding hydrogens is 362 g/mol. The summed E-state index contributed by atoms with van der Waals surface area (Å²) in [4.78, 5) is 17.0. The van der Waals surface area contributed by atoms with Crippen LogP contribution in [0.2, 0.25) is 0 Å². The summed E-state index contributed by atoms with van der Waals surface area (Å²) >= 11 is 1.38. The summed E-state index contributed by atoms with van der Waals surface area (Å²) < 4.78 is 16.2. The van der Waals surface area contributed by atoms with Gasteiger partial charge < -0.3 is 14.2 Å². The molecule has 0 radical (unpaired) electrons. The Bertz CT molecular complexity index is 994. The number of methoxy groups -OCH3 is 2. The molecule has 0 unspecified atom stereocenters. The van der Waals surface area contributed by atoms with Crippen LogP contribution in [0.4, 0.5) is 0 Å². The Balaban J connectivity index is 1.85. The third kappa shape index (κ3) is 3.95. The summed E-state index contributed by atoms with van der Waals surface area (Å²) in [5.41, 5.74) is 4.21. The van der Waals surface area contributed by atoms with E-state index < -0.39 is 5.97 Å². The molecule has 0 aliphatic rings. The van der Waals surface area contributed by atoms with E-state index in [4.69, 9.17) is 14.2 Å². The first kappa shape index (κ1) is 18.9. The van der Waals surface area contributed by atoms with Crippen molar-refractivity contribution in [1.82, 2.24) is 4.98 Å². The van der Waals surface area contributed by atoms with Crippen molar-refractivity contribution in [2.75, 3.05) is 14.2 Å². The molecule has 1 heterocycles. The molecule has 5 nitrogen and oxygen atoms in total. The van der Waals surface area contributed by atoms with Gasteiger partial charge in [-0.05, 0) is 61.7 Å². The number of hydrogen-bond donors (Lipinski definition) is 0. The van der Waals surface area contributed by atoms with Crippen LogP contribution in [0.15, 0.2) is 35.7 Å². The number of carbonyl (C=O) groups is 1. The van der Waals surface area contributed by atoms with Crippen LogP contribution in [0.5, 0.6) is 17.2 Å². The van der Waals surface area contributed by atoms with Gasteiger partial charge >= 0.3 is 5.97 Å². The normalized spacial score (nSPS) is 10.6. The molecular formula is C21H21NO4S. The van der Waals surface area contributed by atoms with Crippen LogP contribution in [-0.4, -0.2) is 25.2 Å². The molecule has 140 valence electrons. The van der Waals surface area contributed by atoms with Crippen LogP contribution in [0.3, 0.4) is 0 Å². The molecule has 0 fully saturated rings. The van der Waals surface area contributed by atoms with Crippen molar-refractivity contribution in [3.8, 4) is 27.8 Å². The second kappa shape index (κ2) is 7.80. The fraction of sp³-hybridized carbons (Fsp3) is 0.238. The van der Waals surface area contributed by atoms with Crippen molar-refractivity contribution in [2.24, 2.45) is 0 Å². The predicted octanol–water partition coefficient (Wildman–Crippen LogP) is 4.97. The molecule has 0 N–H and O–H groups in total. The Hall–Kier alpha value is -2.86. The molecule has 27 heavy (non-hydrogen) atoms. The molecule has 0 atom stereocenters. The maximum absolute atomic E-state index is 12.5. The van der Waals surface area contributed by atoms with Gasteiger partial charge in [0.05, 0.1) is 14.2 Å². The van der Waals surface area contributed by atoms with E-state index in [1.807, 2.05) is 45.0 Å². The largest absolute Gasteiger partial charge is 0.493 e. The Kier molecular flexibility index (Phi) is 5.46. The van der Waals surface area contributed by atoms with Gasteiger partial charge in [-0.1, -0.05) is 6.07 Å². The molecule has 3 aromatic rings. The molecule has 0 bridgehead atoms. The number of nitrogens with zero attached hydrogens (tertiary/aromatic N) is 1. The van der Waals surface area contributed by atoms with Crippen molar-refractivity contribution < 1.29 is 19.0 Å². The molecule has 0 saturated heterocycles. The minimum absolute atomic E-state index is 0.281. The number of ether oxygens (including phenoxy) is 3. The minimum atomic E-state index is -0.467. The number of aryl methyl sites for hydroxylation is 2. The van der Waals surface area contributed by atoms with E-state index in [0.29, 0.717) is 22.3 Å². The lowest BCUT2D eigenvalue weighted by Crippen LogP contribution is -2.10. The highest BCUT2D eigenvalue weighted by molar-refractivity contribution is 7.13. The van der Waals surface area contributed by atoms with Crippen LogP contribution < -0.4 is 14.2 Å². The van der Waals surface area contributed by atoms with E-state index in [1.165, 1.54) is 11.3 Å². The number of carbonyl (C=O) groups excluding carboxylic acids is 1. The molecule has 0 aliphatic heterocycles. The van der Waals surface area contributed by atoms with Crippen molar-refractivity contribution >= 4 is 17.3 Å². The second-order valence-corrected chi connectivity index (χ2v) is 7.06. The molecule has 0 amide bonds. The standard InChI is InChI=1S/C21H21NO4S/c1-12-8-13(2)14(3)18(9-12)26-21(23)16-11-27-20(22-16)15-6-7-17(24-4)19(10-15)25-5/h6-11H,1-5H3. The van der Waals surface area contributed by atoms with Crippen LogP contribution in [0, 0.1) is 20.8 Å². The molecule has 3 rings (SSSR count). The number of thiazole rings is 1. The Morgan fingerprint density at radius 3 is 2.41 bits per heavy atom. The smallest absolute Gasteiger partial charge is 0.363 e. The highest BCUT2D eigenvalue weighted by Crippen LogP contribution is 2.33. The molecule has 6 heteroatoms. The van der Waals surface area contributed by atoms with Gasteiger partial charge in [0.2, 0.25) is 0 Å². The van der Waals surface area contributed by atoms with E-state index in [-0.39, 0.29) is 5.69 Å². The van der Waals surface area contributed by atoms with Gasteiger partial charge in [0.1, 0.15) is 10.8 Å². The first-order valence-corrected chi connectivity index (χ1v) is 9.29. The molecule has 2 aromatic carbocycles. The van der Waals surface area contributed by atoms with Crippen molar-refractivity contribution in [2.45, 2.75) is 20.8 Å². The summed E-state index contributed by atoms with van der Waals surface area (Å²) in [5, 5.41) is 2.41. The summed E-state index contributed by atoms with van der Waals surface area (Å²) in [6.07, 6.45) is 0. The zero-order valence-electron chi connectivity index (χ0n) is 16.0. The monoisotopic (exact) mass is 383 g/mol. The van der Waals surface area contributed by atoms with Crippen LogP contribution >= 0.6 is 11.3 Å². The highest BCUT2D eigenvalue weighted by Gasteiger charge is 2.17. The molecule has 1 aromatic heterocycles. The van der Waals surface area contributed by atoms with Crippen LogP contribution in [0.1, 0.15) is 27.2 Å². The first-order valence-electron chi connectivity index (χ1n) is 8.41. The number of benzene rings is 2. The van der Waals surface area contributed by atoms with Gasteiger partial charge in [0.25, 0.3) is 0 Å². The second-order valence-electron chi connectivity index (χ2n) is 6.20. The fourth-order valence-electron chi connectivity index (χ4n) is 2.73. The summed E-state index contributed by atoms with van der Waals surface area (Å²) in [6, 6.07) is 9.45. The quantitative estimate of drug-likeness (QED) is 0.460. The number of esters is 1. The summed E-state index contributed by atoms with van der Waals surface area (Å²) in [7, 11) is 3.17. The average Bonchev–Trinajstić information content (AvgIpc) is 3.15. The van der Waals surface area contributed by atoms with E-state index in [0.717, 1.165) is 22.3 Å². The fourth-order valence-corrected chi connectivity index (χ4v) is 3.51. The lowest BCUT2D eigenvalue weighted by atomic mass is 10.1. The predicted molar refractivity (Wildman–Crippen MR) is 106 cm³/mol. The van der Waals surface area contributed by atoms with Crippen molar-refractivity contribution in [3.05, 3.63) is 58.1 Å². The minimum Gasteiger partial charge on any atom is -0.493 e. The Labute approximate surface area is 162 Å². The maximum atomic E-state index is 12.5. The van der Waals surface area contributed by atoms with Gasteiger partial charge in [-0.2, -0.15) is 0 Å². The van der Waals surface area contributed by atoms with E-state index in [9.17, 15) is 4.79 Å². The van der Waals surface area contributed by atoms with Gasteiger partial charge in [-0.3, -0.25) is 0 Å². The third-order valence-electron chi connectivity index (χ3n) is 4.31. The number of rotatable bonds is 5. The van der Waals surface area contributed by atoms with E-state index in [2.05, 4.69) is 11.1 Å². The lowest BCUT2D eigenvalue weighted by Gasteiger charge is -2.10.